The first-order valence-corrected chi connectivity index (χ1v) is 29.6. The van der Waals surface area contributed by atoms with Crippen LogP contribution in [0.4, 0.5) is 0 Å². The van der Waals surface area contributed by atoms with Gasteiger partial charge in [0.15, 0.2) is 0 Å². The molecule has 0 bridgehead atoms. The minimum Gasteiger partial charge on any atom is -0.344 e. The Morgan fingerprint density at radius 3 is 1.21 bits per heavy atom. The number of para-hydroxylation sites is 1. The fourth-order valence-electron chi connectivity index (χ4n) is 8.67. The minimum absolute atomic E-state index is 0. The Morgan fingerprint density at radius 1 is 0.275 bits per heavy atom. The second kappa shape index (κ2) is 43.7. The molecular formula is C78H103NY-2. The molecule has 11 aromatic rings. The molecule has 1 nitrogen and oxygen atoms in total. The first-order chi connectivity index (χ1) is 38.4. The average Bonchev–Trinajstić information content (AvgIpc) is 3.82. The van der Waals surface area contributed by atoms with Crippen LogP contribution < -0.4 is 0 Å². The van der Waals surface area contributed by atoms with Gasteiger partial charge in [-0.2, -0.15) is 36.4 Å². The van der Waals surface area contributed by atoms with E-state index in [1.165, 1.54) is 93.1 Å². The van der Waals surface area contributed by atoms with Crippen LogP contribution in [0.2, 0.25) is 0 Å². The monoisotopic (exact) mass is 1140 g/mol. The van der Waals surface area contributed by atoms with Gasteiger partial charge in [0.05, 0.1) is 0 Å². The molecule has 0 N–H and O–H groups in total. The van der Waals surface area contributed by atoms with Gasteiger partial charge < -0.3 is 4.57 Å². The molecule has 0 aliphatic carbocycles. The number of rotatable bonds is 1. The number of fused-ring (bicyclic) bond motifs is 6. The summed E-state index contributed by atoms with van der Waals surface area (Å²) < 4.78 is 2.26. The summed E-state index contributed by atoms with van der Waals surface area (Å²) in [5.41, 5.74) is 16.6. The molecule has 0 aliphatic heterocycles. The van der Waals surface area contributed by atoms with Crippen LogP contribution in [0.1, 0.15) is 147 Å². The summed E-state index contributed by atoms with van der Waals surface area (Å²) >= 11 is 0. The van der Waals surface area contributed by atoms with E-state index in [4.69, 9.17) is 0 Å². The molecule has 10 aromatic carbocycles. The van der Waals surface area contributed by atoms with Crippen LogP contribution >= 0.6 is 0 Å². The molecule has 1 heterocycles. The molecule has 0 saturated carbocycles. The van der Waals surface area contributed by atoms with E-state index in [9.17, 15) is 0 Å². The summed E-state index contributed by atoms with van der Waals surface area (Å²) in [4.78, 5) is 0. The number of hydrogen-bond acceptors (Lipinski definition) is 0. The molecular weight excluding hydrogens is 1040 g/mol. The van der Waals surface area contributed by atoms with Gasteiger partial charge >= 0.3 is 0 Å². The first kappa shape index (κ1) is 76.0. The van der Waals surface area contributed by atoms with Crippen LogP contribution in [-0.4, -0.2) is 4.57 Å². The Hall–Kier alpha value is -6.12. The van der Waals surface area contributed by atoms with Crippen molar-refractivity contribution in [3.8, 4) is 11.1 Å². The normalized spacial score (nSPS) is 9.15. The van der Waals surface area contributed by atoms with E-state index in [2.05, 4.69) is 274 Å². The molecule has 0 fully saturated rings. The van der Waals surface area contributed by atoms with Gasteiger partial charge in [0.25, 0.3) is 0 Å². The van der Waals surface area contributed by atoms with Crippen molar-refractivity contribution in [2.45, 2.75) is 159 Å². The van der Waals surface area contributed by atoms with Gasteiger partial charge in [0.1, 0.15) is 0 Å². The van der Waals surface area contributed by atoms with E-state index < -0.39 is 0 Å². The summed E-state index contributed by atoms with van der Waals surface area (Å²) in [5, 5.41) is 10.9. The van der Waals surface area contributed by atoms with E-state index in [0.717, 1.165) is 22.3 Å². The van der Waals surface area contributed by atoms with Crippen molar-refractivity contribution in [3.63, 3.8) is 0 Å². The third-order valence-electron chi connectivity index (χ3n) is 12.0. The summed E-state index contributed by atoms with van der Waals surface area (Å²) in [5.74, 6) is 0. The van der Waals surface area contributed by atoms with Crippen LogP contribution in [0.3, 0.4) is 0 Å². The molecule has 0 saturated heterocycles. The Bertz CT molecular complexity index is 3330. The van der Waals surface area contributed by atoms with Gasteiger partial charge in [0, 0.05) is 61.6 Å². The van der Waals surface area contributed by atoms with E-state index in [-0.39, 0.29) is 32.7 Å². The molecule has 0 spiro atoms. The van der Waals surface area contributed by atoms with Gasteiger partial charge in [-0.3, -0.25) is 0 Å². The molecule has 0 atom stereocenters. The number of nitrogens with zero attached hydrogens (tertiary/aromatic N) is 1. The SMILES string of the molecule is CC.CC.CC.CC.CC.CC.CC.Cc1[c-]c(-c2[c-]c(C)ccc2)ccc1.Cc1cc(C)c2ccccc2c1.Cc1ccc2c(C)cccc2c1.Cc1ccc2cccc(C)c2c1.Cc1cccc2c1c1ccccc1n2C.[Y]. The molecule has 425 valence electrons. The number of hydrogen-bond donors (Lipinski definition) is 0. The van der Waals surface area contributed by atoms with E-state index in [1.807, 2.05) is 96.9 Å². The van der Waals surface area contributed by atoms with Crippen molar-refractivity contribution in [2.24, 2.45) is 7.05 Å². The van der Waals surface area contributed by atoms with Crippen LogP contribution in [0, 0.1) is 74.4 Å². The maximum Gasteiger partial charge on any atom is 0.0491 e. The smallest absolute Gasteiger partial charge is 0.0491 e. The van der Waals surface area contributed by atoms with Crippen LogP contribution in [0.25, 0.3) is 65.3 Å². The fraction of sp³-hybridized carbons (Fsp3) is 0.308. The van der Waals surface area contributed by atoms with Crippen LogP contribution in [-0.2, 0) is 39.8 Å². The molecule has 2 heteroatoms. The third kappa shape index (κ3) is 23.5. The van der Waals surface area contributed by atoms with E-state index in [1.54, 1.807) is 0 Å². The zero-order chi connectivity index (χ0) is 60.0. The van der Waals surface area contributed by atoms with E-state index >= 15 is 0 Å². The molecule has 0 aliphatic rings. The van der Waals surface area contributed by atoms with Crippen molar-refractivity contribution in [1.29, 1.82) is 0 Å². The third-order valence-corrected chi connectivity index (χ3v) is 12.0. The zero-order valence-corrected chi connectivity index (χ0v) is 57.3. The van der Waals surface area contributed by atoms with Gasteiger partial charge in [-0.1, -0.05) is 267 Å². The van der Waals surface area contributed by atoms with Crippen molar-refractivity contribution in [3.05, 3.63) is 250 Å². The van der Waals surface area contributed by atoms with Crippen molar-refractivity contribution in [1.82, 2.24) is 4.57 Å². The average molecular weight is 1140 g/mol. The predicted octanol–water partition coefficient (Wildman–Crippen LogP) is 24.8. The van der Waals surface area contributed by atoms with Crippen molar-refractivity contribution in [2.75, 3.05) is 0 Å². The predicted molar refractivity (Wildman–Crippen MR) is 364 cm³/mol. The summed E-state index contributed by atoms with van der Waals surface area (Å²) in [6, 6.07) is 73.0. The van der Waals surface area contributed by atoms with E-state index in [0.29, 0.717) is 0 Å². The Balaban J connectivity index is 0. The molecule has 1 aromatic heterocycles. The summed E-state index contributed by atoms with van der Waals surface area (Å²) in [6.45, 7) is 47.1. The molecule has 0 amide bonds. The van der Waals surface area contributed by atoms with Gasteiger partial charge in [-0.05, 0) is 115 Å². The number of benzene rings is 10. The zero-order valence-electron chi connectivity index (χ0n) is 54.4. The summed E-state index contributed by atoms with van der Waals surface area (Å²) in [7, 11) is 2.13. The molecule has 11 rings (SSSR count). The standard InChI is InChI=1S/C14H13N.C14H12.3C12H12.7C2H6.Y/c1-10-6-5-9-13-14(10)11-7-3-4-8-12(11)15(13)2;1-11-5-3-7-13(9-11)14-8-4-6-12(2)10-14;1-9-6-7-12-10(2)4-3-5-11(12)8-9;1-9-6-7-11-5-3-4-10(2)12(11)8-9;1-9-7-10(2)12-6-4-3-5-11(12)8-9;7*1-2;/h3-9H,1-2H3;3-8H,1-2H3;3*3-8H,1-2H3;7*1-2H3;/q;-2;;;;;;;;;;;. The van der Waals surface area contributed by atoms with Gasteiger partial charge in [-0.25, -0.2) is 11.1 Å². The molecule has 80 heavy (non-hydrogen) atoms. The maximum absolute atomic E-state index is 3.32. The fourth-order valence-corrected chi connectivity index (χ4v) is 8.67. The number of aryl methyl sites for hydroxylation is 10. The summed E-state index contributed by atoms with van der Waals surface area (Å²) in [6.07, 6.45) is 0. The van der Waals surface area contributed by atoms with Crippen LogP contribution in [0.15, 0.2) is 188 Å². The van der Waals surface area contributed by atoms with Gasteiger partial charge in [0.2, 0.25) is 0 Å². The van der Waals surface area contributed by atoms with Crippen LogP contribution in [0.5, 0.6) is 0 Å². The first-order valence-electron chi connectivity index (χ1n) is 29.6. The second-order valence-corrected chi connectivity index (χ2v) is 17.4. The Labute approximate surface area is 515 Å². The number of aromatic nitrogens is 1. The quantitative estimate of drug-likeness (QED) is 0.144. The Kier molecular flexibility index (Phi) is 41.4. The maximum atomic E-state index is 3.32. The molecule has 1 radical (unpaired) electrons. The Morgan fingerprint density at radius 2 is 0.662 bits per heavy atom. The second-order valence-electron chi connectivity index (χ2n) is 17.4. The topological polar surface area (TPSA) is 4.93 Å². The van der Waals surface area contributed by atoms with Crippen molar-refractivity contribution >= 4 is 54.1 Å². The molecule has 0 unspecified atom stereocenters. The largest absolute Gasteiger partial charge is 0.344 e. The minimum atomic E-state index is 0. The van der Waals surface area contributed by atoms with Gasteiger partial charge in [-0.15, -0.1) is 23.3 Å². The van der Waals surface area contributed by atoms with Crippen molar-refractivity contribution < 1.29 is 32.7 Å².